The second-order valence-corrected chi connectivity index (χ2v) is 3.43. The molecule has 2 nitrogen and oxygen atoms in total. The van der Waals surface area contributed by atoms with E-state index in [0.717, 1.165) is 5.56 Å². The van der Waals surface area contributed by atoms with Crippen LogP contribution >= 0.6 is 0 Å². The lowest BCUT2D eigenvalue weighted by molar-refractivity contribution is 0.0697. The van der Waals surface area contributed by atoms with Gasteiger partial charge in [0, 0.05) is 11.5 Å². The number of carboxylic acids is 1. The summed E-state index contributed by atoms with van der Waals surface area (Å²) >= 11 is 0. The van der Waals surface area contributed by atoms with Crippen molar-refractivity contribution in [3.05, 3.63) is 35.4 Å². The van der Waals surface area contributed by atoms with E-state index in [4.69, 9.17) is 5.11 Å². The quantitative estimate of drug-likeness (QED) is 0.682. The summed E-state index contributed by atoms with van der Waals surface area (Å²) in [6.45, 7) is 0. The van der Waals surface area contributed by atoms with Crippen molar-refractivity contribution in [2.45, 2.75) is 12.8 Å². The molecule has 1 N–H and O–H groups in total. The smallest absolute Gasteiger partial charge is 0.335 e. The van der Waals surface area contributed by atoms with Gasteiger partial charge in [-0.15, -0.1) is 0 Å². The van der Waals surface area contributed by atoms with Crippen molar-refractivity contribution in [2.24, 2.45) is 5.92 Å². The second kappa shape index (κ2) is 3.55. The average molecular weight is 186 g/mol. The minimum absolute atomic E-state index is 0.299. The molecule has 1 aromatic rings. The van der Waals surface area contributed by atoms with Crippen LogP contribution in [0.1, 0.15) is 28.8 Å². The molecule has 0 heterocycles. The molecule has 0 saturated heterocycles. The van der Waals surface area contributed by atoms with E-state index in [9.17, 15) is 4.79 Å². The summed E-state index contributed by atoms with van der Waals surface area (Å²) < 4.78 is 0. The molecule has 2 rings (SSSR count). The fourth-order valence-corrected chi connectivity index (χ4v) is 1.14. The normalized spacial score (nSPS) is 14.3. The first kappa shape index (κ1) is 8.83. The Kier molecular flexibility index (Phi) is 2.24. The average Bonchev–Trinajstić information content (AvgIpc) is 2.99. The maximum atomic E-state index is 10.7. The van der Waals surface area contributed by atoms with Crippen LogP contribution < -0.4 is 0 Å². The van der Waals surface area contributed by atoms with Gasteiger partial charge >= 0.3 is 5.97 Å². The second-order valence-electron chi connectivity index (χ2n) is 3.43. The first-order chi connectivity index (χ1) is 6.75. The van der Waals surface area contributed by atoms with E-state index in [1.807, 2.05) is 6.07 Å². The maximum absolute atomic E-state index is 10.7. The number of hydrogen-bond acceptors (Lipinski definition) is 1. The molecule has 1 aliphatic carbocycles. The van der Waals surface area contributed by atoms with Crippen LogP contribution in [-0.4, -0.2) is 11.1 Å². The third kappa shape index (κ3) is 2.14. The Labute approximate surface area is 82.6 Å². The summed E-state index contributed by atoms with van der Waals surface area (Å²) in [6.07, 6.45) is 2.37. The number of carboxylic acid groups (broad SMARTS) is 1. The highest BCUT2D eigenvalue weighted by molar-refractivity contribution is 5.87. The summed E-state index contributed by atoms with van der Waals surface area (Å²) in [5.41, 5.74) is 1.09. The van der Waals surface area contributed by atoms with Crippen molar-refractivity contribution in [1.29, 1.82) is 0 Å². The van der Waals surface area contributed by atoms with Gasteiger partial charge < -0.3 is 5.11 Å². The Hall–Kier alpha value is -1.75. The molecule has 0 amide bonds. The lowest BCUT2D eigenvalue weighted by Crippen LogP contribution is -1.95. The van der Waals surface area contributed by atoms with Crippen molar-refractivity contribution < 1.29 is 9.90 Å². The minimum Gasteiger partial charge on any atom is -0.478 e. The van der Waals surface area contributed by atoms with Gasteiger partial charge in [0.05, 0.1) is 5.56 Å². The number of hydrogen-bond donors (Lipinski definition) is 1. The molecular weight excluding hydrogens is 176 g/mol. The first-order valence-electron chi connectivity index (χ1n) is 4.60. The van der Waals surface area contributed by atoms with Crippen molar-refractivity contribution in [3.8, 4) is 11.8 Å². The monoisotopic (exact) mass is 186 g/mol. The standard InChI is InChI=1S/C12H10O2/c13-12(14)11-3-1-2-10(8-11)7-6-9-4-5-9/h1-3,8-9H,4-5H2,(H,13,14). The highest BCUT2D eigenvalue weighted by Crippen LogP contribution is 2.27. The predicted molar refractivity (Wildman–Crippen MR) is 53.0 cm³/mol. The van der Waals surface area contributed by atoms with Gasteiger partial charge in [-0.2, -0.15) is 0 Å². The molecule has 2 heteroatoms. The highest BCUT2D eigenvalue weighted by atomic mass is 16.4. The summed E-state index contributed by atoms with van der Waals surface area (Å²) in [5, 5.41) is 8.75. The Morgan fingerprint density at radius 3 is 2.86 bits per heavy atom. The molecular formula is C12H10O2. The zero-order valence-electron chi connectivity index (χ0n) is 7.66. The van der Waals surface area contributed by atoms with Crippen LogP contribution in [0.2, 0.25) is 0 Å². The molecule has 0 aromatic heterocycles. The summed E-state index contributed by atoms with van der Waals surface area (Å²) in [6, 6.07) is 6.74. The van der Waals surface area contributed by atoms with E-state index in [-0.39, 0.29) is 0 Å². The Morgan fingerprint density at radius 1 is 1.43 bits per heavy atom. The van der Waals surface area contributed by atoms with Crippen LogP contribution in [0.4, 0.5) is 0 Å². The van der Waals surface area contributed by atoms with Crippen molar-refractivity contribution in [1.82, 2.24) is 0 Å². The Morgan fingerprint density at radius 2 is 2.21 bits per heavy atom. The van der Waals surface area contributed by atoms with Gasteiger partial charge in [0.15, 0.2) is 0 Å². The minimum atomic E-state index is -0.903. The van der Waals surface area contributed by atoms with E-state index >= 15 is 0 Å². The van der Waals surface area contributed by atoms with E-state index < -0.39 is 5.97 Å². The van der Waals surface area contributed by atoms with E-state index in [1.54, 1.807) is 18.2 Å². The first-order valence-corrected chi connectivity index (χ1v) is 4.60. The number of rotatable bonds is 1. The third-order valence-electron chi connectivity index (χ3n) is 2.11. The molecule has 0 bridgehead atoms. The molecule has 1 fully saturated rings. The topological polar surface area (TPSA) is 37.3 Å². The molecule has 1 aromatic carbocycles. The van der Waals surface area contributed by atoms with Gasteiger partial charge in [-0.1, -0.05) is 17.9 Å². The molecule has 1 saturated carbocycles. The SMILES string of the molecule is O=C(O)c1cccc(C#CC2CC2)c1. The van der Waals surface area contributed by atoms with E-state index in [2.05, 4.69) is 11.8 Å². The molecule has 0 unspecified atom stereocenters. The van der Waals surface area contributed by atoms with E-state index in [0.29, 0.717) is 11.5 Å². The molecule has 1 aliphatic rings. The molecule has 0 radical (unpaired) electrons. The van der Waals surface area contributed by atoms with Crippen LogP contribution in [0.5, 0.6) is 0 Å². The zero-order valence-corrected chi connectivity index (χ0v) is 7.66. The van der Waals surface area contributed by atoms with Crippen molar-refractivity contribution in [3.63, 3.8) is 0 Å². The molecule has 14 heavy (non-hydrogen) atoms. The fraction of sp³-hybridized carbons (Fsp3) is 0.250. The van der Waals surface area contributed by atoms with Gasteiger partial charge in [-0.3, -0.25) is 0 Å². The van der Waals surface area contributed by atoms with Gasteiger partial charge in [0.2, 0.25) is 0 Å². The molecule has 0 spiro atoms. The maximum Gasteiger partial charge on any atom is 0.335 e. The Bertz CT molecular complexity index is 419. The summed E-state index contributed by atoms with van der Waals surface area (Å²) in [4.78, 5) is 10.7. The van der Waals surface area contributed by atoms with Crippen LogP contribution in [0.15, 0.2) is 24.3 Å². The number of carbonyl (C=O) groups is 1. The van der Waals surface area contributed by atoms with Gasteiger partial charge in [0.25, 0.3) is 0 Å². The third-order valence-corrected chi connectivity index (χ3v) is 2.11. The fourth-order valence-electron chi connectivity index (χ4n) is 1.14. The van der Waals surface area contributed by atoms with Crippen molar-refractivity contribution >= 4 is 5.97 Å². The van der Waals surface area contributed by atoms with Gasteiger partial charge in [0.1, 0.15) is 0 Å². The van der Waals surface area contributed by atoms with E-state index in [1.165, 1.54) is 12.8 Å². The van der Waals surface area contributed by atoms with Gasteiger partial charge in [-0.05, 0) is 31.0 Å². The Balaban J connectivity index is 2.22. The van der Waals surface area contributed by atoms with Crippen LogP contribution in [0, 0.1) is 17.8 Å². The zero-order chi connectivity index (χ0) is 9.97. The van der Waals surface area contributed by atoms with Crippen LogP contribution in [0.3, 0.4) is 0 Å². The lowest BCUT2D eigenvalue weighted by atomic mass is 10.1. The molecule has 0 atom stereocenters. The highest BCUT2D eigenvalue weighted by Gasteiger charge is 2.17. The predicted octanol–water partition coefficient (Wildman–Crippen LogP) is 2.15. The molecule has 0 aliphatic heterocycles. The number of benzene rings is 1. The van der Waals surface area contributed by atoms with Crippen LogP contribution in [0.25, 0.3) is 0 Å². The van der Waals surface area contributed by atoms with Crippen molar-refractivity contribution in [2.75, 3.05) is 0 Å². The van der Waals surface area contributed by atoms with Crippen LogP contribution in [-0.2, 0) is 0 Å². The summed E-state index contributed by atoms with van der Waals surface area (Å²) in [7, 11) is 0. The number of aromatic carboxylic acids is 1. The largest absolute Gasteiger partial charge is 0.478 e. The molecule has 70 valence electrons. The summed E-state index contributed by atoms with van der Waals surface area (Å²) in [5.74, 6) is 5.73. The lowest BCUT2D eigenvalue weighted by Gasteiger charge is -1.93. The van der Waals surface area contributed by atoms with Gasteiger partial charge in [-0.25, -0.2) is 4.79 Å².